The second kappa shape index (κ2) is 5.05. The molecule has 5 heteroatoms. The molecule has 0 amide bonds. The van der Waals surface area contributed by atoms with E-state index in [4.69, 9.17) is 9.47 Å². The lowest BCUT2D eigenvalue weighted by molar-refractivity contribution is -0.00544. The number of hydrogen-bond acceptors (Lipinski definition) is 4. The molecule has 3 rings (SSSR count). The first kappa shape index (κ1) is 13.4. The Morgan fingerprint density at radius 1 is 1.60 bits per heavy atom. The van der Waals surface area contributed by atoms with Crippen LogP contribution in [0.5, 0.6) is 0 Å². The number of nitrogens with one attached hydrogen (secondary N) is 1. The summed E-state index contributed by atoms with van der Waals surface area (Å²) in [6.07, 6.45) is 0.239. The maximum absolute atomic E-state index is 14.2. The number of ether oxygens (including phenoxy) is 2. The Morgan fingerprint density at radius 3 is 3.20 bits per heavy atom. The summed E-state index contributed by atoms with van der Waals surface area (Å²) in [5.41, 5.74) is 1.80. The first-order valence-electron chi connectivity index (χ1n) is 6.95. The lowest BCUT2D eigenvalue weighted by Crippen LogP contribution is -2.52. The largest absolute Gasteiger partial charge is 0.462 e. The van der Waals surface area contributed by atoms with Crippen molar-refractivity contribution in [1.29, 1.82) is 0 Å². The molecule has 2 aliphatic heterocycles. The van der Waals surface area contributed by atoms with Crippen molar-refractivity contribution in [2.75, 3.05) is 25.1 Å². The Kier molecular flexibility index (Phi) is 3.38. The predicted molar refractivity (Wildman–Crippen MR) is 72.8 cm³/mol. The Balaban J connectivity index is 1.84. The highest BCUT2D eigenvalue weighted by Gasteiger charge is 2.46. The molecule has 4 nitrogen and oxygen atoms in total. The minimum atomic E-state index is -1.03. The van der Waals surface area contributed by atoms with Gasteiger partial charge in [0.05, 0.1) is 24.3 Å². The van der Waals surface area contributed by atoms with Crippen molar-refractivity contribution in [2.24, 2.45) is 0 Å². The summed E-state index contributed by atoms with van der Waals surface area (Å²) >= 11 is 0. The molecule has 2 atom stereocenters. The van der Waals surface area contributed by atoms with Crippen LogP contribution in [-0.2, 0) is 15.9 Å². The number of alkyl halides is 1. The first-order valence-corrected chi connectivity index (χ1v) is 6.95. The van der Waals surface area contributed by atoms with Crippen molar-refractivity contribution < 1.29 is 18.7 Å². The third-order valence-electron chi connectivity index (χ3n) is 4.07. The van der Waals surface area contributed by atoms with Gasteiger partial charge in [-0.05, 0) is 31.0 Å². The summed E-state index contributed by atoms with van der Waals surface area (Å²) in [5.74, 6) is -0.346. The normalized spacial score (nSPS) is 28.0. The summed E-state index contributed by atoms with van der Waals surface area (Å²) < 4.78 is 24.4. The zero-order chi connectivity index (χ0) is 14.2. The second-order valence-electron chi connectivity index (χ2n) is 5.34. The number of esters is 1. The third-order valence-corrected chi connectivity index (χ3v) is 4.07. The monoisotopic (exact) mass is 279 g/mol. The molecule has 0 radical (unpaired) electrons. The molecular formula is C15H18FNO3. The minimum absolute atomic E-state index is 0.131. The van der Waals surface area contributed by atoms with Crippen LogP contribution in [0.3, 0.4) is 0 Å². The number of hydrogen-bond donors (Lipinski definition) is 1. The van der Waals surface area contributed by atoms with Crippen LogP contribution in [0.25, 0.3) is 0 Å². The standard InChI is InChI=1S/C15H18FNO3/c1-2-20-14(18)10-3-4-11-8-15(17-12(11)7-10)5-6-19-9-13(15)16/h3-4,7,13,17H,2,5-6,8-9H2,1H3. The lowest BCUT2D eigenvalue weighted by atomic mass is 9.85. The van der Waals surface area contributed by atoms with E-state index in [1.165, 1.54) is 0 Å². The summed E-state index contributed by atoms with van der Waals surface area (Å²) in [6.45, 7) is 2.81. The van der Waals surface area contributed by atoms with Gasteiger partial charge in [-0.3, -0.25) is 0 Å². The number of anilines is 1. The van der Waals surface area contributed by atoms with E-state index in [9.17, 15) is 9.18 Å². The van der Waals surface area contributed by atoms with Crippen LogP contribution in [0.1, 0.15) is 29.3 Å². The third kappa shape index (κ3) is 2.16. The van der Waals surface area contributed by atoms with Gasteiger partial charge < -0.3 is 14.8 Å². The first-order chi connectivity index (χ1) is 9.64. The quantitative estimate of drug-likeness (QED) is 0.844. The number of rotatable bonds is 2. The Morgan fingerprint density at radius 2 is 2.45 bits per heavy atom. The number of benzene rings is 1. The molecule has 1 aromatic rings. The maximum Gasteiger partial charge on any atom is 0.338 e. The smallest absolute Gasteiger partial charge is 0.338 e. The molecule has 2 heterocycles. The number of halogens is 1. The van der Waals surface area contributed by atoms with Crippen molar-refractivity contribution in [3.8, 4) is 0 Å². The molecule has 1 spiro atoms. The van der Waals surface area contributed by atoms with Crippen LogP contribution in [0.15, 0.2) is 18.2 Å². The Hall–Kier alpha value is -1.62. The van der Waals surface area contributed by atoms with E-state index in [1.807, 2.05) is 6.07 Å². The molecule has 2 unspecified atom stereocenters. The molecule has 0 bridgehead atoms. The fraction of sp³-hybridized carbons (Fsp3) is 0.533. The Labute approximate surface area is 117 Å². The second-order valence-corrected chi connectivity index (χ2v) is 5.34. The maximum atomic E-state index is 14.2. The molecule has 1 aromatic carbocycles. The van der Waals surface area contributed by atoms with E-state index in [0.717, 1.165) is 11.3 Å². The average Bonchev–Trinajstić information content (AvgIpc) is 2.80. The zero-order valence-electron chi connectivity index (χ0n) is 11.4. The lowest BCUT2D eigenvalue weighted by Gasteiger charge is -2.37. The van der Waals surface area contributed by atoms with E-state index in [2.05, 4.69) is 5.32 Å². The van der Waals surface area contributed by atoms with Crippen LogP contribution in [0.4, 0.5) is 10.1 Å². The van der Waals surface area contributed by atoms with Gasteiger partial charge in [-0.15, -0.1) is 0 Å². The zero-order valence-corrected chi connectivity index (χ0v) is 11.4. The number of carbonyl (C=O) groups is 1. The fourth-order valence-corrected chi connectivity index (χ4v) is 2.94. The van der Waals surface area contributed by atoms with Crippen molar-refractivity contribution in [1.82, 2.24) is 0 Å². The van der Waals surface area contributed by atoms with Gasteiger partial charge in [0.15, 0.2) is 0 Å². The highest BCUT2D eigenvalue weighted by molar-refractivity contribution is 5.91. The molecule has 1 fully saturated rings. The van der Waals surface area contributed by atoms with E-state index < -0.39 is 11.7 Å². The minimum Gasteiger partial charge on any atom is -0.462 e. The van der Waals surface area contributed by atoms with Gasteiger partial charge in [-0.1, -0.05) is 6.07 Å². The SMILES string of the molecule is CCOC(=O)c1ccc2c(c1)NC1(CCOCC1F)C2. The highest BCUT2D eigenvalue weighted by atomic mass is 19.1. The van der Waals surface area contributed by atoms with Gasteiger partial charge >= 0.3 is 5.97 Å². The topological polar surface area (TPSA) is 47.6 Å². The van der Waals surface area contributed by atoms with Crippen LogP contribution in [0, 0.1) is 0 Å². The average molecular weight is 279 g/mol. The van der Waals surface area contributed by atoms with Gasteiger partial charge in [0, 0.05) is 18.7 Å². The van der Waals surface area contributed by atoms with Crippen LogP contribution < -0.4 is 5.32 Å². The van der Waals surface area contributed by atoms with Crippen LogP contribution >= 0.6 is 0 Å². The molecule has 20 heavy (non-hydrogen) atoms. The molecule has 0 saturated carbocycles. The summed E-state index contributed by atoms with van der Waals surface area (Å²) in [7, 11) is 0. The molecule has 1 saturated heterocycles. The van der Waals surface area contributed by atoms with Gasteiger partial charge in [0.25, 0.3) is 0 Å². The van der Waals surface area contributed by atoms with Gasteiger partial charge in [0.2, 0.25) is 0 Å². The fourth-order valence-electron chi connectivity index (χ4n) is 2.94. The highest BCUT2D eigenvalue weighted by Crippen LogP contribution is 2.40. The van der Waals surface area contributed by atoms with E-state index >= 15 is 0 Å². The van der Waals surface area contributed by atoms with E-state index in [-0.39, 0.29) is 12.6 Å². The van der Waals surface area contributed by atoms with Crippen molar-refractivity contribution in [2.45, 2.75) is 31.5 Å². The number of carbonyl (C=O) groups excluding carboxylic acids is 1. The van der Waals surface area contributed by atoms with Gasteiger partial charge in [0.1, 0.15) is 6.17 Å². The summed E-state index contributed by atoms with van der Waals surface area (Å²) in [6, 6.07) is 5.37. The molecule has 1 N–H and O–H groups in total. The van der Waals surface area contributed by atoms with Crippen LogP contribution in [-0.4, -0.2) is 37.5 Å². The van der Waals surface area contributed by atoms with Crippen molar-refractivity contribution in [3.05, 3.63) is 29.3 Å². The van der Waals surface area contributed by atoms with Crippen LogP contribution in [0.2, 0.25) is 0 Å². The summed E-state index contributed by atoms with van der Waals surface area (Å²) in [4.78, 5) is 11.7. The molecule has 0 aliphatic carbocycles. The van der Waals surface area contributed by atoms with Crippen molar-refractivity contribution in [3.63, 3.8) is 0 Å². The molecule has 108 valence electrons. The van der Waals surface area contributed by atoms with Gasteiger partial charge in [-0.2, -0.15) is 0 Å². The molecular weight excluding hydrogens is 261 g/mol. The number of fused-ring (bicyclic) bond motifs is 1. The molecule has 2 aliphatic rings. The summed E-state index contributed by atoms with van der Waals surface area (Å²) in [5, 5.41) is 3.27. The van der Waals surface area contributed by atoms with E-state index in [0.29, 0.717) is 31.6 Å². The Bertz CT molecular complexity index is 534. The van der Waals surface area contributed by atoms with Gasteiger partial charge in [-0.25, -0.2) is 9.18 Å². The van der Waals surface area contributed by atoms with Crippen molar-refractivity contribution >= 4 is 11.7 Å². The predicted octanol–water partition coefficient (Wildman–Crippen LogP) is 2.33. The molecule has 0 aromatic heterocycles. The van der Waals surface area contributed by atoms with E-state index in [1.54, 1.807) is 19.1 Å².